The van der Waals surface area contributed by atoms with Crippen LogP contribution in [0.3, 0.4) is 0 Å². The molecule has 1 rings (SSSR count). The number of hydrogen-bond donors (Lipinski definition) is 1. The molecule has 2 N–H and O–H groups in total. The van der Waals surface area contributed by atoms with E-state index in [0.717, 1.165) is 13.2 Å². The van der Waals surface area contributed by atoms with E-state index in [-0.39, 0.29) is 5.54 Å². The number of benzene rings is 1. The average molecular weight is 250 g/mol. The van der Waals surface area contributed by atoms with Gasteiger partial charge in [0.15, 0.2) is 0 Å². The Hall–Kier alpha value is -1.06. The number of likely N-dealkylation sites (N-methyl/N-ethyl adjacent to an activating group) is 1. The summed E-state index contributed by atoms with van der Waals surface area (Å²) in [5.74, 6) is 0. The van der Waals surface area contributed by atoms with Crippen LogP contribution >= 0.6 is 0 Å². The topological polar surface area (TPSA) is 38.5 Å². The Labute approximate surface area is 111 Å². The Kier molecular flexibility index (Phi) is 5.63. The van der Waals surface area contributed by atoms with Gasteiger partial charge in [-0.2, -0.15) is 0 Å². The summed E-state index contributed by atoms with van der Waals surface area (Å²) >= 11 is 0. The van der Waals surface area contributed by atoms with E-state index in [2.05, 4.69) is 49.9 Å². The molecule has 0 spiro atoms. The van der Waals surface area contributed by atoms with E-state index in [0.29, 0.717) is 13.2 Å². The number of rotatable bonds is 7. The van der Waals surface area contributed by atoms with Gasteiger partial charge in [0.25, 0.3) is 0 Å². The van der Waals surface area contributed by atoms with Crippen molar-refractivity contribution in [1.82, 2.24) is 0 Å². The fraction of sp³-hybridized carbons (Fsp3) is 0.600. The van der Waals surface area contributed by atoms with Crippen LogP contribution in [-0.4, -0.2) is 31.8 Å². The van der Waals surface area contributed by atoms with Crippen molar-refractivity contribution in [2.75, 3.05) is 31.2 Å². The number of ether oxygens (including phenoxy) is 1. The van der Waals surface area contributed by atoms with Gasteiger partial charge in [-0.3, -0.25) is 0 Å². The first-order valence-corrected chi connectivity index (χ1v) is 6.69. The Bertz CT molecular complexity index is 350. The highest BCUT2D eigenvalue weighted by molar-refractivity contribution is 5.50. The molecule has 0 amide bonds. The van der Waals surface area contributed by atoms with Crippen LogP contribution in [0, 0.1) is 6.92 Å². The summed E-state index contributed by atoms with van der Waals surface area (Å²) in [5, 5.41) is 0. The maximum atomic E-state index is 5.97. The number of anilines is 1. The van der Waals surface area contributed by atoms with E-state index < -0.39 is 0 Å². The zero-order chi connectivity index (χ0) is 13.6. The quantitative estimate of drug-likeness (QED) is 0.808. The first kappa shape index (κ1) is 15.0. The lowest BCUT2D eigenvalue weighted by molar-refractivity contribution is 0.100. The minimum atomic E-state index is -0.153. The molecule has 3 heteroatoms. The molecule has 0 bridgehead atoms. The number of aryl methyl sites for hydroxylation is 1. The summed E-state index contributed by atoms with van der Waals surface area (Å²) in [6, 6.07) is 8.57. The summed E-state index contributed by atoms with van der Waals surface area (Å²) in [4.78, 5) is 2.32. The Morgan fingerprint density at radius 3 is 2.28 bits per heavy atom. The third-order valence-corrected chi connectivity index (χ3v) is 3.37. The zero-order valence-corrected chi connectivity index (χ0v) is 12.1. The SMILES string of the molecule is CCOCC(C)(CN)N(CC)c1ccc(C)cc1. The summed E-state index contributed by atoms with van der Waals surface area (Å²) < 4.78 is 5.60. The molecule has 0 fully saturated rings. The van der Waals surface area contributed by atoms with Crippen LogP contribution in [0.4, 0.5) is 5.69 Å². The number of nitrogens with two attached hydrogens (primary N) is 1. The van der Waals surface area contributed by atoms with Gasteiger partial charge in [-0.1, -0.05) is 17.7 Å². The molecule has 0 aliphatic heterocycles. The fourth-order valence-corrected chi connectivity index (χ4v) is 2.17. The van der Waals surface area contributed by atoms with Gasteiger partial charge in [0, 0.05) is 25.4 Å². The van der Waals surface area contributed by atoms with Gasteiger partial charge in [-0.25, -0.2) is 0 Å². The minimum Gasteiger partial charge on any atom is -0.379 e. The second-order valence-electron chi connectivity index (χ2n) is 4.92. The van der Waals surface area contributed by atoms with Crippen LogP contribution in [-0.2, 0) is 4.74 Å². The molecule has 0 aliphatic carbocycles. The van der Waals surface area contributed by atoms with Crippen LogP contribution in [0.25, 0.3) is 0 Å². The van der Waals surface area contributed by atoms with E-state index in [1.54, 1.807) is 0 Å². The van der Waals surface area contributed by atoms with E-state index >= 15 is 0 Å². The van der Waals surface area contributed by atoms with Crippen molar-refractivity contribution >= 4 is 5.69 Å². The molecule has 1 aromatic rings. The van der Waals surface area contributed by atoms with Gasteiger partial charge in [-0.15, -0.1) is 0 Å². The van der Waals surface area contributed by atoms with Crippen molar-refractivity contribution in [2.45, 2.75) is 33.2 Å². The number of hydrogen-bond acceptors (Lipinski definition) is 3. The van der Waals surface area contributed by atoms with Gasteiger partial charge < -0.3 is 15.4 Å². The zero-order valence-electron chi connectivity index (χ0n) is 12.1. The lowest BCUT2D eigenvalue weighted by atomic mass is 9.99. The van der Waals surface area contributed by atoms with Gasteiger partial charge in [0.1, 0.15) is 0 Å². The summed E-state index contributed by atoms with van der Waals surface area (Å²) in [7, 11) is 0. The molecule has 0 heterocycles. The second kappa shape index (κ2) is 6.76. The Morgan fingerprint density at radius 1 is 1.22 bits per heavy atom. The molecule has 0 aromatic heterocycles. The van der Waals surface area contributed by atoms with Gasteiger partial charge in [0.2, 0.25) is 0 Å². The minimum absolute atomic E-state index is 0.153. The van der Waals surface area contributed by atoms with Gasteiger partial charge >= 0.3 is 0 Å². The highest BCUT2D eigenvalue weighted by Crippen LogP contribution is 2.24. The predicted octanol–water partition coefficient (Wildman–Crippen LogP) is 2.58. The van der Waals surface area contributed by atoms with Crippen molar-refractivity contribution in [3.05, 3.63) is 29.8 Å². The molecule has 3 nitrogen and oxygen atoms in total. The maximum absolute atomic E-state index is 5.97. The maximum Gasteiger partial charge on any atom is 0.0728 e. The van der Waals surface area contributed by atoms with Crippen molar-refractivity contribution in [1.29, 1.82) is 0 Å². The standard InChI is InChI=1S/C15H26N2O/c1-5-17(14-9-7-13(3)8-10-14)15(4,11-16)12-18-6-2/h7-10H,5-6,11-12,16H2,1-4H3. The molecule has 1 aromatic carbocycles. The van der Waals surface area contributed by atoms with E-state index in [1.807, 2.05) is 6.92 Å². The molecule has 0 radical (unpaired) electrons. The summed E-state index contributed by atoms with van der Waals surface area (Å²) in [5.41, 5.74) is 8.29. The summed E-state index contributed by atoms with van der Waals surface area (Å²) in [6.45, 7) is 11.3. The van der Waals surface area contributed by atoms with Crippen LogP contribution in [0.15, 0.2) is 24.3 Å². The molecule has 18 heavy (non-hydrogen) atoms. The molecule has 0 saturated carbocycles. The lowest BCUT2D eigenvalue weighted by Gasteiger charge is -2.41. The van der Waals surface area contributed by atoms with Crippen LogP contribution in [0.1, 0.15) is 26.3 Å². The smallest absolute Gasteiger partial charge is 0.0728 e. The lowest BCUT2D eigenvalue weighted by Crippen LogP contribution is -2.55. The molecular formula is C15H26N2O. The Balaban J connectivity index is 2.95. The Morgan fingerprint density at radius 2 is 1.83 bits per heavy atom. The largest absolute Gasteiger partial charge is 0.379 e. The van der Waals surface area contributed by atoms with Crippen molar-refractivity contribution in [2.24, 2.45) is 5.73 Å². The van der Waals surface area contributed by atoms with Crippen molar-refractivity contribution in [3.63, 3.8) is 0 Å². The third kappa shape index (κ3) is 3.47. The molecule has 102 valence electrons. The van der Waals surface area contributed by atoms with E-state index in [4.69, 9.17) is 10.5 Å². The molecule has 1 atom stereocenters. The van der Waals surface area contributed by atoms with Gasteiger partial charge in [0.05, 0.1) is 12.1 Å². The van der Waals surface area contributed by atoms with Crippen LogP contribution < -0.4 is 10.6 Å². The first-order chi connectivity index (χ1) is 8.57. The first-order valence-electron chi connectivity index (χ1n) is 6.69. The fourth-order valence-electron chi connectivity index (χ4n) is 2.17. The molecule has 0 aliphatic rings. The highest BCUT2D eigenvalue weighted by atomic mass is 16.5. The second-order valence-corrected chi connectivity index (χ2v) is 4.92. The third-order valence-electron chi connectivity index (χ3n) is 3.37. The van der Waals surface area contributed by atoms with E-state index in [9.17, 15) is 0 Å². The monoisotopic (exact) mass is 250 g/mol. The van der Waals surface area contributed by atoms with E-state index in [1.165, 1.54) is 11.3 Å². The van der Waals surface area contributed by atoms with Crippen molar-refractivity contribution < 1.29 is 4.74 Å². The van der Waals surface area contributed by atoms with Gasteiger partial charge in [-0.05, 0) is 39.8 Å². The average Bonchev–Trinajstić information content (AvgIpc) is 2.39. The molecular weight excluding hydrogens is 224 g/mol. The normalized spacial score (nSPS) is 14.3. The highest BCUT2D eigenvalue weighted by Gasteiger charge is 2.30. The predicted molar refractivity (Wildman–Crippen MR) is 78.2 cm³/mol. The molecule has 1 unspecified atom stereocenters. The molecule has 0 saturated heterocycles. The number of nitrogens with zero attached hydrogens (tertiary/aromatic N) is 1. The summed E-state index contributed by atoms with van der Waals surface area (Å²) in [6.07, 6.45) is 0. The van der Waals surface area contributed by atoms with Crippen LogP contribution in [0.5, 0.6) is 0 Å². The van der Waals surface area contributed by atoms with Crippen molar-refractivity contribution in [3.8, 4) is 0 Å². The van der Waals surface area contributed by atoms with Crippen LogP contribution in [0.2, 0.25) is 0 Å².